The van der Waals surface area contributed by atoms with E-state index in [0.29, 0.717) is 16.3 Å². The van der Waals surface area contributed by atoms with Gasteiger partial charge in [0.25, 0.3) is 5.91 Å². The van der Waals surface area contributed by atoms with Gasteiger partial charge >= 0.3 is 0 Å². The maximum absolute atomic E-state index is 12.0. The van der Waals surface area contributed by atoms with Gasteiger partial charge in [-0.3, -0.25) is 4.79 Å². The van der Waals surface area contributed by atoms with Crippen molar-refractivity contribution in [3.05, 3.63) is 10.6 Å². The minimum absolute atomic E-state index is 0.192. The molecule has 0 aliphatic heterocycles. The Balaban J connectivity index is 2.75. The van der Waals surface area contributed by atoms with Crippen LogP contribution in [0.3, 0.4) is 0 Å². The second-order valence-corrected chi connectivity index (χ2v) is 4.86. The number of aryl methyl sites for hydroxylation is 1. The molecule has 0 radical (unpaired) electrons. The van der Waals surface area contributed by atoms with Gasteiger partial charge < -0.3 is 11.1 Å². The third-order valence-electron chi connectivity index (χ3n) is 2.31. The molecule has 1 aromatic rings. The van der Waals surface area contributed by atoms with Crippen molar-refractivity contribution < 1.29 is 4.79 Å². The molecule has 7 heteroatoms. The maximum atomic E-state index is 12.0. The van der Waals surface area contributed by atoms with Crippen molar-refractivity contribution in [1.82, 2.24) is 14.9 Å². The van der Waals surface area contributed by atoms with Gasteiger partial charge in [0.05, 0.1) is 16.7 Å². The number of hydrogen-bond acceptors (Lipinski definition) is 5. The van der Waals surface area contributed by atoms with Gasteiger partial charge in [0.2, 0.25) is 0 Å². The van der Waals surface area contributed by atoms with Gasteiger partial charge in [0.1, 0.15) is 4.88 Å². The van der Waals surface area contributed by atoms with Crippen LogP contribution in [-0.4, -0.2) is 26.5 Å². The van der Waals surface area contributed by atoms with Gasteiger partial charge in [0, 0.05) is 0 Å². The SMILES string of the molecule is CCCc1nnsc1C(=O)NC(CC)C(N)=S. The number of nitrogens with zero attached hydrogens (tertiary/aromatic N) is 2. The molecule has 0 aromatic carbocycles. The minimum atomic E-state index is -0.269. The first-order valence-electron chi connectivity index (χ1n) is 5.51. The summed E-state index contributed by atoms with van der Waals surface area (Å²) in [6.07, 6.45) is 2.36. The molecule has 94 valence electrons. The molecule has 1 heterocycles. The van der Waals surface area contributed by atoms with Crippen molar-refractivity contribution in [3.63, 3.8) is 0 Å². The molecule has 0 aliphatic rings. The second kappa shape index (κ2) is 6.61. The van der Waals surface area contributed by atoms with Gasteiger partial charge in [-0.25, -0.2) is 0 Å². The summed E-state index contributed by atoms with van der Waals surface area (Å²) in [7, 11) is 0. The summed E-state index contributed by atoms with van der Waals surface area (Å²) in [5.41, 5.74) is 6.28. The number of nitrogens with one attached hydrogen (secondary N) is 1. The van der Waals surface area contributed by atoms with E-state index in [1.165, 1.54) is 0 Å². The van der Waals surface area contributed by atoms with Crippen LogP contribution in [0.15, 0.2) is 0 Å². The molecule has 17 heavy (non-hydrogen) atoms. The lowest BCUT2D eigenvalue weighted by atomic mass is 10.2. The van der Waals surface area contributed by atoms with Crippen LogP contribution in [0.5, 0.6) is 0 Å². The Labute approximate surface area is 110 Å². The van der Waals surface area contributed by atoms with Gasteiger partial charge in [0.15, 0.2) is 0 Å². The molecule has 0 bridgehead atoms. The van der Waals surface area contributed by atoms with Crippen LogP contribution in [0.1, 0.15) is 42.1 Å². The van der Waals surface area contributed by atoms with E-state index in [1.54, 1.807) is 0 Å². The van der Waals surface area contributed by atoms with Crippen LogP contribution in [0.4, 0.5) is 0 Å². The summed E-state index contributed by atoms with van der Waals surface area (Å²) < 4.78 is 3.81. The summed E-state index contributed by atoms with van der Waals surface area (Å²) >= 11 is 5.99. The molecule has 0 saturated heterocycles. The molecule has 0 saturated carbocycles. The molecule has 0 fully saturated rings. The summed E-state index contributed by atoms with van der Waals surface area (Å²) in [6.45, 7) is 3.95. The number of carbonyl (C=O) groups excluding carboxylic acids is 1. The lowest BCUT2D eigenvalue weighted by molar-refractivity contribution is 0.0949. The molecule has 0 spiro atoms. The summed E-state index contributed by atoms with van der Waals surface area (Å²) in [5.74, 6) is -0.192. The number of nitrogens with two attached hydrogens (primary N) is 1. The van der Waals surface area contributed by atoms with E-state index in [1.807, 2.05) is 13.8 Å². The molecule has 1 unspecified atom stereocenters. The van der Waals surface area contributed by atoms with Crippen molar-refractivity contribution in [1.29, 1.82) is 0 Å². The smallest absolute Gasteiger partial charge is 0.265 e. The highest BCUT2D eigenvalue weighted by molar-refractivity contribution is 7.80. The van der Waals surface area contributed by atoms with Gasteiger partial charge in [-0.05, 0) is 24.4 Å². The summed E-state index contributed by atoms with van der Waals surface area (Å²) in [5, 5.41) is 6.74. The minimum Gasteiger partial charge on any atom is -0.392 e. The fourth-order valence-electron chi connectivity index (χ4n) is 1.38. The van der Waals surface area contributed by atoms with E-state index in [9.17, 15) is 4.79 Å². The van der Waals surface area contributed by atoms with E-state index < -0.39 is 0 Å². The van der Waals surface area contributed by atoms with Crippen LogP contribution in [0.2, 0.25) is 0 Å². The van der Waals surface area contributed by atoms with Crippen molar-refractivity contribution >= 4 is 34.6 Å². The first kappa shape index (κ1) is 14.0. The largest absolute Gasteiger partial charge is 0.392 e. The number of aromatic nitrogens is 2. The van der Waals surface area contributed by atoms with Crippen molar-refractivity contribution in [2.45, 2.75) is 39.2 Å². The standard InChI is InChI=1S/C10H16N4OS2/c1-3-5-7-8(17-14-13-7)10(15)12-6(4-2)9(11)16/h6H,3-5H2,1-2H3,(H2,11,16)(H,12,15). The highest BCUT2D eigenvalue weighted by Gasteiger charge is 2.19. The predicted octanol–water partition coefficient (Wildman–Crippen LogP) is 1.29. The Hall–Kier alpha value is -1.08. The van der Waals surface area contributed by atoms with Gasteiger partial charge in [-0.2, -0.15) is 0 Å². The molecule has 1 rings (SSSR count). The highest BCUT2D eigenvalue weighted by atomic mass is 32.1. The molecule has 3 N–H and O–H groups in total. The molecular formula is C10H16N4OS2. The molecular weight excluding hydrogens is 256 g/mol. The molecule has 1 aromatic heterocycles. The normalized spacial score (nSPS) is 12.1. The van der Waals surface area contributed by atoms with Crippen LogP contribution in [-0.2, 0) is 6.42 Å². The lowest BCUT2D eigenvalue weighted by Crippen LogP contribution is -2.43. The average molecular weight is 272 g/mol. The fraction of sp³-hybridized carbons (Fsp3) is 0.600. The van der Waals surface area contributed by atoms with Crippen molar-refractivity contribution in [3.8, 4) is 0 Å². The Bertz CT molecular complexity index is 405. The topological polar surface area (TPSA) is 80.9 Å². The predicted molar refractivity (Wildman–Crippen MR) is 72.2 cm³/mol. The molecule has 1 atom stereocenters. The van der Waals surface area contributed by atoms with Crippen LogP contribution in [0, 0.1) is 0 Å². The zero-order valence-electron chi connectivity index (χ0n) is 9.90. The average Bonchev–Trinajstić information content (AvgIpc) is 2.74. The number of hydrogen-bond donors (Lipinski definition) is 2. The van der Waals surface area contributed by atoms with Crippen LogP contribution < -0.4 is 11.1 Å². The number of amides is 1. The Kier molecular flexibility index (Phi) is 5.43. The lowest BCUT2D eigenvalue weighted by Gasteiger charge is -2.14. The molecule has 1 amide bonds. The summed E-state index contributed by atoms with van der Waals surface area (Å²) in [4.78, 5) is 12.8. The van der Waals surface area contributed by atoms with E-state index in [4.69, 9.17) is 18.0 Å². The van der Waals surface area contributed by atoms with Crippen LogP contribution >= 0.6 is 23.8 Å². The number of thiocarbonyl (C=S) groups is 1. The van der Waals surface area contributed by atoms with E-state index in [-0.39, 0.29) is 11.9 Å². The number of rotatable bonds is 6. The van der Waals surface area contributed by atoms with E-state index >= 15 is 0 Å². The first-order chi connectivity index (χ1) is 8.10. The van der Waals surface area contributed by atoms with Crippen molar-refractivity contribution in [2.24, 2.45) is 5.73 Å². The highest BCUT2D eigenvalue weighted by Crippen LogP contribution is 2.12. The first-order valence-corrected chi connectivity index (χ1v) is 6.69. The Morgan fingerprint density at radius 1 is 1.59 bits per heavy atom. The summed E-state index contributed by atoms with van der Waals surface area (Å²) in [6, 6.07) is -0.269. The number of carbonyl (C=O) groups is 1. The zero-order valence-corrected chi connectivity index (χ0v) is 11.5. The van der Waals surface area contributed by atoms with E-state index in [2.05, 4.69) is 14.9 Å². The Morgan fingerprint density at radius 2 is 2.29 bits per heavy atom. The third kappa shape index (κ3) is 3.71. The monoisotopic (exact) mass is 272 g/mol. The van der Waals surface area contributed by atoms with Crippen LogP contribution in [0.25, 0.3) is 0 Å². The quantitative estimate of drug-likeness (QED) is 0.763. The van der Waals surface area contributed by atoms with E-state index in [0.717, 1.165) is 30.1 Å². The fourth-order valence-corrected chi connectivity index (χ4v) is 2.22. The van der Waals surface area contributed by atoms with Gasteiger partial charge in [-0.1, -0.05) is 37.0 Å². The molecule has 0 aliphatic carbocycles. The van der Waals surface area contributed by atoms with Crippen molar-refractivity contribution in [2.75, 3.05) is 0 Å². The third-order valence-corrected chi connectivity index (χ3v) is 3.36. The Morgan fingerprint density at radius 3 is 2.82 bits per heavy atom. The maximum Gasteiger partial charge on any atom is 0.265 e. The molecule has 5 nitrogen and oxygen atoms in total. The van der Waals surface area contributed by atoms with Gasteiger partial charge in [-0.15, -0.1) is 5.10 Å². The second-order valence-electron chi connectivity index (χ2n) is 3.64. The zero-order chi connectivity index (χ0) is 12.8.